The second-order valence-electron chi connectivity index (χ2n) is 6.82. The zero-order valence-electron chi connectivity index (χ0n) is 15.3. The van der Waals surface area contributed by atoms with E-state index in [1.807, 2.05) is 0 Å². The second kappa shape index (κ2) is 8.03. The number of thioether (sulfide) groups is 1. The molecule has 3 heterocycles. The van der Waals surface area contributed by atoms with E-state index in [4.69, 9.17) is 21.7 Å². The van der Waals surface area contributed by atoms with Crippen molar-refractivity contribution in [3.63, 3.8) is 0 Å². The number of amides is 2. The number of carboxylic acids is 1. The van der Waals surface area contributed by atoms with Gasteiger partial charge in [0.15, 0.2) is 11.5 Å². The van der Waals surface area contributed by atoms with Gasteiger partial charge in [-0.1, -0.05) is 30.0 Å². The molecular formula is C19H18N2O6S2. The number of hydrogen-bond donors (Lipinski definition) is 1. The lowest BCUT2D eigenvalue weighted by atomic mass is 10.0. The summed E-state index contributed by atoms with van der Waals surface area (Å²) < 4.78 is 10.9. The van der Waals surface area contributed by atoms with Gasteiger partial charge in [0, 0.05) is 6.54 Å². The molecule has 0 aliphatic carbocycles. The number of thiocarbonyl (C=S) groups is 1. The first-order chi connectivity index (χ1) is 13.9. The van der Waals surface area contributed by atoms with Crippen LogP contribution in [0.1, 0.15) is 24.8 Å². The minimum absolute atomic E-state index is 0.164. The third kappa shape index (κ3) is 3.95. The van der Waals surface area contributed by atoms with Crippen LogP contribution in [0, 0.1) is 0 Å². The Kier molecular flexibility index (Phi) is 5.46. The number of benzene rings is 1. The van der Waals surface area contributed by atoms with Gasteiger partial charge in [-0.2, -0.15) is 0 Å². The highest BCUT2D eigenvalue weighted by Crippen LogP contribution is 2.36. The molecule has 0 saturated carbocycles. The van der Waals surface area contributed by atoms with E-state index in [0.717, 1.165) is 30.2 Å². The number of aliphatic carboxylic acids is 1. The first-order valence-corrected chi connectivity index (χ1v) is 10.3. The van der Waals surface area contributed by atoms with Crippen LogP contribution < -0.4 is 9.47 Å². The summed E-state index contributed by atoms with van der Waals surface area (Å²) in [7, 11) is 0. The average molecular weight is 434 g/mol. The Labute approximate surface area is 176 Å². The Morgan fingerprint density at radius 3 is 2.86 bits per heavy atom. The summed E-state index contributed by atoms with van der Waals surface area (Å²) in [6, 6.07) is 4.49. The fraction of sp³-hybridized carbons (Fsp3) is 0.368. The molecule has 1 aromatic rings. The highest BCUT2D eigenvalue weighted by molar-refractivity contribution is 8.26. The first-order valence-electron chi connectivity index (χ1n) is 9.11. The molecule has 10 heteroatoms. The predicted octanol–water partition coefficient (Wildman–Crippen LogP) is 2.08. The van der Waals surface area contributed by atoms with Gasteiger partial charge in [-0.3, -0.25) is 14.5 Å². The van der Waals surface area contributed by atoms with E-state index in [-0.39, 0.29) is 23.6 Å². The number of likely N-dealkylation sites (tertiary alicyclic amines) is 1. The normalized spacial score (nSPS) is 22.5. The van der Waals surface area contributed by atoms with Gasteiger partial charge in [-0.05, 0) is 43.0 Å². The van der Waals surface area contributed by atoms with E-state index >= 15 is 0 Å². The van der Waals surface area contributed by atoms with Crippen LogP contribution >= 0.6 is 24.0 Å². The molecular weight excluding hydrogens is 416 g/mol. The van der Waals surface area contributed by atoms with Crippen LogP contribution in [0.25, 0.3) is 6.08 Å². The van der Waals surface area contributed by atoms with Crippen molar-refractivity contribution in [3.05, 3.63) is 28.7 Å². The van der Waals surface area contributed by atoms with Crippen LogP contribution in [0.5, 0.6) is 11.5 Å². The molecule has 0 bridgehead atoms. The Morgan fingerprint density at radius 1 is 1.28 bits per heavy atom. The van der Waals surface area contributed by atoms with Crippen LogP contribution in [0.3, 0.4) is 0 Å². The highest BCUT2D eigenvalue weighted by atomic mass is 32.2. The molecule has 2 saturated heterocycles. The van der Waals surface area contributed by atoms with Crippen LogP contribution in [0.15, 0.2) is 23.1 Å². The molecule has 8 nitrogen and oxygen atoms in total. The van der Waals surface area contributed by atoms with Gasteiger partial charge in [-0.25, -0.2) is 4.79 Å². The van der Waals surface area contributed by atoms with Crippen LogP contribution in [-0.4, -0.2) is 62.9 Å². The van der Waals surface area contributed by atoms with Gasteiger partial charge in [0.25, 0.3) is 5.91 Å². The molecule has 0 spiro atoms. The molecule has 0 aromatic heterocycles. The number of ether oxygens (including phenoxy) is 2. The van der Waals surface area contributed by atoms with Crippen molar-refractivity contribution < 1.29 is 29.0 Å². The minimum Gasteiger partial charge on any atom is -0.480 e. The lowest BCUT2D eigenvalue weighted by Crippen LogP contribution is -2.51. The van der Waals surface area contributed by atoms with E-state index in [9.17, 15) is 19.5 Å². The SMILES string of the molecule is O=C(O)[C@H]1CCCCN1C(=O)CN1C(=O)/C(=C/c2ccc3c(c2)OCO3)SC1=S. The van der Waals surface area contributed by atoms with Crippen LogP contribution in [-0.2, 0) is 14.4 Å². The lowest BCUT2D eigenvalue weighted by molar-refractivity contribution is -0.152. The quantitative estimate of drug-likeness (QED) is 0.568. The summed E-state index contributed by atoms with van der Waals surface area (Å²) in [6.07, 6.45) is 3.62. The minimum atomic E-state index is -1.02. The average Bonchev–Trinajstić information content (AvgIpc) is 3.27. The summed E-state index contributed by atoms with van der Waals surface area (Å²) >= 11 is 6.40. The molecule has 3 aliphatic heterocycles. The smallest absolute Gasteiger partial charge is 0.326 e. The monoisotopic (exact) mass is 434 g/mol. The van der Waals surface area contributed by atoms with Crippen molar-refractivity contribution in [1.82, 2.24) is 9.80 Å². The first kappa shape index (κ1) is 19.7. The molecule has 2 amide bonds. The fourth-order valence-corrected chi connectivity index (χ4v) is 4.76. The summed E-state index contributed by atoms with van der Waals surface area (Å²) in [5.41, 5.74) is 0.753. The third-order valence-electron chi connectivity index (χ3n) is 4.97. The van der Waals surface area contributed by atoms with E-state index in [2.05, 4.69) is 0 Å². The molecule has 0 unspecified atom stereocenters. The standard InChI is InChI=1S/C19H18N2O6S2/c22-16(20-6-2-1-3-12(20)18(24)25)9-21-17(23)15(29-19(21)28)8-11-4-5-13-14(7-11)27-10-26-13/h4-5,7-8,12H,1-3,6,9-10H2,(H,24,25)/b15-8-/t12-/m1/s1. The van der Waals surface area contributed by atoms with Gasteiger partial charge in [-0.15, -0.1) is 0 Å². The molecule has 4 rings (SSSR count). The number of nitrogens with zero attached hydrogens (tertiary/aromatic N) is 2. The summed E-state index contributed by atoms with van der Waals surface area (Å²) in [4.78, 5) is 39.9. The number of hydrogen-bond acceptors (Lipinski definition) is 7. The van der Waals surface area contributed by atoms with E-state index < -0.39 is 17.9 Å². The molecule has 1 aromatic carbocycles. The third-order valence-corrected chi connectivity index (χ3v) is 6.35. The van der Waals surface area contributed by atoms with Gasteiger partial charge in [0.05, 0.1) is 4.91 Å². The zero-order chi connectivity index (χ0) is 20.5. The van der Waals surface area contributed by atoms with Gasteiger partial charge < -0.3 is 19.5 Å². The van der Waals surface area contributed by atoms with Crippen molar-refractivity contribution >= 4 is 52.2 Å². The number of fused-ring (bicyclic) bond motifs is 1. The van der Waals surface area contributed by atoms with Crippen molar-refractivity contribution in [1.29, 1.82) is 0 Å². The van der Waals surface area contributed by atoms with Gasteiger partial charge >= 0.3 is 5.97 Å². The van der Waals surface area contributed by atoms with Crippen molar-refractivity contribution in [3.8, 4) is 11.5 Å². The van der Waals surface area contributed by atoms with E-state index in [1.165, 1.54) is 9.80 Å². The van der Waals surface area contributed by atoms with Gasteiger partial charge in [0.2, 0.25) is 12.7 Å². The zero-order valence-corrected chi connectivity index (χ0v) is 17.0. The Morgan fingerprint density at radius 2 is 2.07 bits per heavy atom. The molecule has 1 atom stereocenters. The van der Waals surface area contributed by atoms with Crippen LogP contribution in [0.4, 0.5) is 0 Å². The molecule has 29 heavy (non-hydrogen) atoms. The molecule has 3 aliphatic rings. The number of piperidine rings is 1. The lowest BCUT2D eigenvalue weighted by Gasteiger charge is -2.33. The maximum Gasteiger partial charge on any atom is 0.326 e. The second-order valence-corrected chi connectivity index (χ2v) is 8.49. The molecule has 152 valence electrons. The number of rotatable bonds is 4. The molecule has 0 radical (unpaired) electrons. The van der Waals surface area contributed by atoms with Crippen LogP contribution in [0.2, 0.25) is 0 Å². The Hall–Kier alpha value is -2.59. The Bertz CT molecular complexity index is 931. The number of carbonyl (C=O) groups excluding carboxylic acids is 2. The summed E-state index contributed by atoms with van der Waals surface area (Å²) in [5.74, 6) is -0.539. The maximum absolute atomic E-state index is 12.8. The fourth-order valence-electron chi connectivity index (χ4n) is 3.50. The van der Waals surface area contributed by atoms with E-state index in [0.29, 0.717) is 29.4 Å². The summed E-state index contributed by atoms with van der Waals surface area (Å²) in [6.45, 7) is 0.279. The Balaban J connectivity index is 1.48. The van der Waals surface area contributed by atoms with E-state index in [1.54, 1.807) is 24.3 Å². The summed E-state index contributed by atoms with van der Waals surface area (Å²) in [5, 5.41) is 9.36. The number of carboxylic acid groups (broad SMARTS) is 1. The molecule has 1 N–H and O–H groups in total. The molecule has 2 fully saturated rings. The highest BCUT2D eigenvalue weighted by Gasteiger charge is 2.37. The topological polar surface area (TPSA) is 96.4 Å². The van der Waals surface area contributed by atoms with Crippen molar-refractivity contribution in [2.75, 3.05) is 19.9 Å². The van der Waals surface area contributed by atoms with Crippen molar-refractivity contribution in [2.45, 2.75) is 25.3 Å². The predicted molar refractivity (Wildman–Crippen MR) is 109 cm³/mol. The number of carbonyl (C=O) groups is 3. The van der Waals surface area contributed by atoms with Crippen molar-refractivity contribution in [2.24, 2.45) is 0 Å². The largest absolute Gasteiger partial charge is 0.480 e. The maximum atomic E-state index is 12.8. The van der Waals surface area contributed by atoms with Gasteiger partial charge in [0.1, 0.15) is 16.9 Å².